The van der Waals surface area contributed by atoms with Crippen LogP contribution >= 0.6 is 0 Å². The minimum Gasteiger partial charge on any atom is -0.545 e. The number of aliphatic carboxylic acids is 1. The summed E-state index contributed by atoms with van der Waals surface area (Å²) in [6.07, 6.45) is 66.3. The van der Waals surface area contributed by atoms with Gasteiger partial charge < -0.3 is 33.3 Å². The van der Waals surface area contributed by atoms with E-state index in [2.05, 4.69) is 98.9 Å². The van der Waals surface area contributed by atoms with Crippen molar-refractivity contribution in [2.24, 2.45) is 0 Å². The molecule has 9 heteroatoms. The van der Waals surface area contributed by atoms with Crippen LogP contribution in [-0.2, 0) is 33.3 Å². The first-order valence-electron chi connectivity index (χ1n) is 28.7. The van der Waals surface area contributed by atoms with Crippen LogP contribution in [0.25, 0.3) is 0 Å². The number of hydrogen-bond acceptors (Lipinski definition) is 8. The molecular formula is C62H107NO8. The highest BCUT2D eigenvalue weighted by molar-refractivity contribution is 5.70. The molecule has 71 heavy (non-hydrogen) atoms. The minimum atomic E-state index is -1.63. The Morgan fingerprint density at radius 2 is 0.803 bits per heavy atom. The number of carboxylic acids is 1. The van der Waals surface area contributed by atoms with Gasteiger partial charge in [-0.3, -0.25) is 9.59 Å². The second-order valence-electron chi connectivity index (χ2n) is 20.2. The fraction of sp³-hybridized carbons (Fsp3) is 0.726. The molecule has 2 atom stereocenters. The van der Waals surface area contributed by atoms with Crippen LogP contribution in [0.1, 0.15) is 232 Å². The molecule has 0 radical (unpaired) electrons. The first kappa shape index (κ1) is 67.5. The highest BCUT2D eigenvalue weighted by Gasteiger charge is 2.22. The molecule has 0 spiro atoms. The van der Waals surface area contributed by atoms with E-state index in [9.17, 15) is 19.5 Å². The molecule has 0 saturated heterocycles. The number of hydrogen-bond donors (Lipinski definition) is 0. The summed E-state index contributed by atoms with van der Waals surface area (Å²) in [5, 5.41) is 11.8. The molecule has 0 aliphatic rings. The van der Waals surface area contributed by atoms with Crippen LogP contribution in [0, 0.1) is 0 Å². The maximum Gasteiger partial charge on any atom is 0.306 e. The zero-order chi connectivity index (χ0) is 52.0. The summed E-state index contributed by atoms with van der Waals surface area (Å²) >= 11 is 0. The second-order valence-corrected chi connectivity index (χ2v) is 20.2. The fourth-order valence-corrected chi connectivity index (χ4v) is 7.71. The second kappa shape index (κ2) is 52.8. The van der Waals surface area contributed by atoms with Crippen molar-refractivity contribution < 1.29 is 42.9 Å². The third kappa shape index (κ3) is 54.1. The summed E-state index contributed by atoms with van der Waals surface area (Å²) in [7, 11) is 5.91. The Hall–Kier alpha value is -3.53. The lowest BCUT2D eigenvalue weighted by Gasteiger charge is -2.26. The standard InChI is InChI=1S/C62H107NO8/c1-6-8-10-12-14-16-18-20-22-23-24-25-26-27-28-29-30-31-32-33-34-35-36-37-39-41-43-45-47-49-51-53-60(65)71-58(57-70-62(61(66)67)68-55-54-63(3,4)5)56-69-59(64)52-50-48-46-44-42-40-38-21-19-17-15-13-11-9-7-2/h8,10,14,16,20-22,24-25,27-28,30-31,38,58,62H,6-7,9,11-13,15,17-19,23,26,29,32-37,39-57H2,1-5H3/b10-8-,16-14-,22-20-,25-24-,28-27-,31-30-,38-21-. The van der Waals surface area contributed by atoms with Crippen molar-refractivity contribution in [1.29, 1.82) is 0 Å². The normalized spacial score (nSPS) is 13.4. The van der Waals surface area contributed by atoms with Gasteiger partial charge in [0.15, 0.2) is 12.4 Å². The highest BCUT2D eigenvalue weighted by atomic mass is 16.7. The number of ether oxygens (including phenoxy) is 4. The molecule has 9 nitrogen and oxygen atoms in total. The highest BCUT2D eigenvalue weighted by Crippen LogP contribution is 2.15. The number of allylic oxidation sites excluding steroid dienone is 14. The van der Waals surface area contributed by atoms with Crippen molar-refractivity contribution in [1.82, 2.24) is 0 Å². The summed E-state index contributed by atoms with van der Waals surface area (Å²) in [5.41, 5.74) is 0. The van der Waals surface area contributed by atoms with E-state index in [4.69, 9.17) is 18.9 Å². The van der Waals surface area contributed by atoms with Gasteiger partial charge in [0, 0.05) is 12.8 Å². The van der Waals surface area contributed by atoms with E-state index in [-0.39, 0.29) is 38.6 Å². The van der Waals surface area contributed by atoms with Gasteiger partial charge in [-0.25, -0.2) is 0 Å². The molecule has 408 valence electrons. The van der Waals surface area contributed by atoms with E-state index in [1.807, 2.05) is 21.1 Å². The van der Waals surface area contributed by atoms with E-state index in [0.29, 0.717) is 17.4 Å². The molecule has 0 bridgehead atoms. The summed E-state index contributed by atoms with van der Waals surface area (Å²) < 4.78 is 22.7. The zero-order valence-corrected chi connectivity index (χ0v) is 46.3. The summed E-state index contributed by atoms with van der Waals surface area (Å²) in [6.45, 7) is 4.62. The van der Waals surface area contributed by atoms with Gasteiger partial charge >= 0.3 is 11.9 Å². The van der Waals surface area contributed by atoms with Crippen LogP contribution in [0.2, 0.25) is 0 Å². The Labute approximate surface area is 436 Å². The van der Waals surface area contributed by atoms with Crippen LogP contribution in [0.15, 0.2) is 85.1 Å². The van der Waals surface area contributed by atoms with E-state index in [1.54, 1.807) is 0 Å². The molecule has 0 aromatic heterocycles. The van der Waals surface area contributed by atoms with Gasteiger partial charge in [0.1, 0.15) is 13.2 Å². The van der Waals surface area contributed by atoms with Gasteiger partial charge in [0.2, 0.25) is 0 Å². The average molecular weight is 995 g/mol. The van der Waals surface area contributed by atoms with Crippen LogP contribution < -0.4 is 5.11 Å². The Morgan fingerprint density at radius 1 is 0.437 bits per heavy atom. The molecule has 0 aromatic carbocycles. The van der Waals surface area contributed by atoms with Crippen molar-refractivity contribution in [3.8, 4) is 0 Å². The largest absolute Gasteiger partial charge is 0.545 e. The number of carbonyl (C=O) groups is 3. The van der Waals surface area contributed by atoms with E-state index in [1.165, 1.54) is 103 Å². The van der Waals surface area contributed by atoms with E-state index < -0.39 is 24.3 Å². The first-order valence-corrected chi connectivity index (χ1v) is 28.7. The SMILES string of the molecule is CC/C=C\C/C=C\C/C=C\C/C=C\C/C=C\C/C=C\CCCCCCCCCCCCCCC(=O)OC(COC(=O)CCCCCCC/C=C\CCCCCCCC)COC(OCC[N+](C)(C)C)C(=O)[O-]. The minimum absolute atomic E-state index is 0.143. The smallest absolute Gasteiger partial charge is 0.306 e. The Kier molecular flexibility index (Phi) is 50.2. The fourth-order valence-electron chi connectivity index (χ4n) is 7.71. The molecular weight excluding hydrogens is 887 g/mol. The van der Waals surface area contributed by atoms with Gasteiger partial charge in [0.25, 0.3) is 0 Å². The molecule has 0 rings (SSSR count). The van der Waals surface area contributed by atoms with Gasteiger partial charge in [0.05, 0.1) is 40.3 Å². The number of rotatable bonds is 52. The van der Waals surface area contributed by atoms with Crippen molar-refractivity contribution in [2.75, 3.05) is 47.5 Å². The van der Waals surface area contributed by atoms with Gasteiger partial charge in [-0.2, -0.15) is 0 Å². The molecule has 0 heterocycles. The summed E-state index contributed by atoms with van der Waals surface area (Å²) in [4.78, 5) is 37.2. The summed E-state index contributed by atoms with van der Waals surface area (Å²) in [5.74, 6) is -2.30. The number of carboxylic acid groups (broad SMARTS) is 1. The molecule has 2 unspecified atom stereocenters. The van der Waals surface area contributed by atoms with E-state index in [0.717, 1.165) is 96.3 Å². The van der Waals surface area contributed by atoms with Crippen molar-refractivity contribution in [2.45, 2.75) is 245 Å². The lowest BCUT2D eigenvalue weighted by Crippen LogP contribution is -2.44. The number of carbonyl (C=O) groups excluding carboxylic acids is 3. The molecule has 0 aliphatic carbocycles. The number of esters is 2. The maximum absolute atomic E-state index is 12.9. The quantitative estimate of drug-likeness (QED) is 0.0195. The number of nitrogens with zero attached hydrogens (tertiary/aromatic N) is 1. The molecule has 0 amide bonds. The molecule has 0 fully saturated rings. The summed E-state index contributed by atoms with van der Waals surface area (Å²) in [6, 6.07) is 0. The average Bonchev–Trinajstić information content (AvgIpc) is 3.34. The lowest BCUT2D eigenvalue weighted by atomic mass is 10.0. The third-order valence-electron chi connectivity index (χ3n) is 12.1. The Balaban J connectivity index is 4.21. The zero-order valence-electron chi connectivity index (χ0n) is 46.3. The number of unbranched alkanes of at least 4 members (excludes halogenated alkanes) is 23. The van der Waals surface area contributed by atoms with Gasteiger partial charge in [-0.05, 0) is 89.9 Å². The van der Waals surface area contributed by atoms with Crippen molar-refractivity contribution in [3.63, 3.8) is 0 Å². The van der Waals surface area contributed by atoms with E-state index >= 15 is 0 Å². The van der Waals surface area contributed by atoms with Crippen LogP contribution in [0.4, 0.5) is 0 Å². The van der Waals surface area contributed by atoms with Crippen molar-refractivity contribution in [3.05, 3.63) is 85.1 Å². The number of likely N-dealkylation sites (N-methyl/N-ethyl adjacent to an activating group) is 1. The number of quaternary nitrogens is 1. The first-order chi connectivity index (χ1) is 34.6. The van der Waals surface area contributed by atoms with Crippen molar-refractivity contribution >= 4 is 17.9 Å². The lowest BCUT2D eigenvalue weighted by molar-refractivity contribution is -0.870. The van der Waals surface area contributed by atoms with Gasteiger partial charge in [-0.15, -0.1) is 0 Å². The molecule has 0 N–H and O–H groups in total. The van der Waals surface area contributed by atoms with Crippen LogP contribution in [0.5, 0.6) is 0 Å². The predicted molar refractivity (Wildman–Crippen MR) is 297 cm³/mol. The molecule has 0 aromatic rings. The third-order valence-corrected chi connectivity index (χ3v) is 12.1. The predicted octanol–water partition coefficient (Wildman–Crippen LogP) is 15.5. The monoisotopic (exact) mass is 994 g/mol. The molecule has 0 saturated carbocycles. The molecule has 0 aliphatic heterocycles. The Bertz CT molecular complexity index is 1440. The van der Waals surface area contributed by atoms with Crippen LogP contribution in [0.3, 0.4) is 0 Å². The van der Waals surface area contributed by atoms with Gasteiger partial charge in [-0.1, -0.05) is 214 Å². The van der Waals surface area contributed by atoms with Crippen LogP contribution in [-0.4, -0.2) is 82.3 Å². The Morgan fingerprint density at radius 3 is 1.21 bits per heavy atom. The maximum atomic E-state index is 12.9. The topological polar surface area (TPSA) is 111 Å².